The average molecular weight is 426 g/mol. The number of urea groups is 1. The highest BCUT2D eigenvalue weighted by atomic mass is 16.4. The zero-order chi connectivity index (χ0) is 22.0. The van der Waals surface area contributed by atoms with Crippen molar-refractivity contribution >= 4 is 17.9 Å². The van der Waals surface area contributed by atoms with Crippen molar-refractivity contribution in [3.8, 4) is 0 Å². The molecule has 3 N–H and O–H groups in total. The van der Waals surface area contributed by atoms with Gasteiger partial charge in [-0.15, -0.1) is 0 Å². The van der Waals surface area contributed by atoms with Crippen LogP contribution in [0.1, 0.15) is 103 Å². The molecule has 0 unspecified atom stereocenters. The number of aliphatic carboxylic acids is 1. The van der Waals surface area contributed by atoms with E-state index in [0.29, 0.717) is 6.42 Å². The predicted octanol–water partition coefficient (Wildman–Crippen LogP) is 4.45. The van der Waals surface area contributed by atoms with E-state index in [9.17, 15) is 14.4 Å². The second-order valence-corrected chi connectivity index (χ2v) is 8.57. The summed E-state index contributed by atoms with van der Waals surface area (Å²) >= 11 is 0. The first-order valence-electron chi connectivity index (χ1n) is 12.0. The van der Waals surface area contributed by atoms with Crippen LogP contribution in [0.4, 0.5) is 4.79 Å². The molecule has 30 heavy (non-hydrogen) atoms. The number of unbranched alkanes of at least 4 members (excludes halogenated alkanes) is 11. The second kappa shape index (κ2) is 16.9. The van der Waals surface area contributed by atoms with Crippen LogP contribution in [0, 0.1) is 0 Å². The summed E-state index contributed by atoms with van der Waals surface area (Å²) in [4.78, 5) is 35.5. The third-order valence-electron chi connectivity index (χ3n) is 5.88. The minimum Gasteiger partial charge on any atom is -0.481 e. The van der Waals surface area contributed by atoms with Gasteiger partial charge < -0.3 is 20.6 Å². The zero-order valence-corrected chi connectivity index (χ0v) is 18.9. The van der Waals surface area contributed by atoms with E-state index in [-0.39, 0.29) is 18.0 Å². The molecule has 174 valence electrons. The third kappa shape index (κ3) is 14.2. The van der Waals surface area contributed by atoms with Crippen LogP contribution in [0.3, 0.4) is 0 Å². The van der Waals surface area contributed by atoms with Gasteiger partial charge in [-0.2, -0.15) is 0 Å². The number of hydrogen-bond donors (Lipinski definition) is 3. The number of carboxylic acids is 1. The molecule has 0 aliphatic carbocycles. The molecular weight excluding hydrogens is 382 g/mol. The normalized spacial score (nSPS) is 14.5. The van der Waals surface area contributed by atoms with Crippen LogP contribution in [-0.2, 0) is 9.59 Å². The van der Waals surface area contributed by atoms with Gasteiger partial charge >= 0.3 is 12.0 Å². The van der Waals surface area contributed by atoms with E-state index in [4.69, 9.17) is 5.11 Å². The van der Waals surface area contributed by atoms with E-state index in [0.717, 1.165) is 64.6 Å². The first-order valence-corrected chi connectivity index (χ1v) is 12.0. The fraction of sp³-hybridized carbons (Fsp3) is 0.870. The van der Waals surface area contributed by atoms with E-state index in [1.807, 2.05) is 4.90 Å². The number of nitrogens with one attached hydrogen (secondary N) is 2. The first-order chi connectivity index (χ1) is 14.5. The Labute approximate surface area is 182 Å². The largest absolute Gasteiger partial charge is 0.481 e. The molecule has 7 heteroatoms. The highest BCUT2D eigenvalue weighted by Gasteiger charge is 2.21. The summed E-state index contributed by atoms with van der Waals surface area (Å²) in [5.41, 5.74) is 0. The lowest BCUT2D eigenvalue weighted by Gasteiger charge is -2.31. The van der Waals surface area contributed by atoms with Crippen LogP contribution in [0.25, 0.3) is 0 Å². The van der Waals surface area contributed by atoms with Crippen molar-refractivity contribution in [2.24, 2.45) is 0 Å². The smallest absolute Gasteiger partial charge is 0.315 e. The van der Waals surface area contributed by atoms with Gasteiger partial charge in [0, 0.05) is 39.0 Å². The minimum atomic E-state index is -0.684. The molecular formula is C23H43N3O4. The van der Waals surface area contributed by atoms with Crippen molar-refractivity contribution < 1.29 is 19.5 Å². The summed E-state index contributed by atoms with van der Waals surface area (Å²) in [7, 11) is 0. The van der Waals surface area contributed by atoms with Gasteiger partial charge in [0.15, 0.2) is 0 Å². The maximum atomic E-state index is 11.9. The van der Waals surface area contributed by atoms with E-state index in [1.165, 1.54) is 44.9 Å². The van der Waals surface area contributed by atoms with E-state index in [1.54, 1.807) is 6.92 Å². The predicted molar refractivity (Wildman–Crippen MR) is 119 cm³/mol. The summed E-state index contributed by atoms with van der Waals surface area (Å²) in [6, 6.07) is 0.0876. The van der Waals surface area contributed by atoms with Gasteiger partial charge in [0.05, 0.1) is 0 Å². The molecule has 0 aromatic carbocycles. The molecule has 0 bridgehead atoms. The number of piperidine rings is 1. The Morgan fingerprint density at radius 1 is 0.800 bits per heavy atom. The van der Waals surface area contributed by atoms with Gasteiger partial charge in [-0.3, -0.25) is 9.59 Å². The summed E-state index contributed by atoms with van der Waals surface area (Å²) in [5, 5.41) is 14.5. The minimum absolute atomic E-state index is 0.0840. The highest BCUT2D eigenvalue weighted by molar-refractivity contribution is 5.74. The molecule has 0 aromatic heterocycles. The van der Waals surface area contributed by atoms with Gasteiger partial charge in [0.2, 0.25) is 5.91 Å². The summed E-state index contributed by atoms with van der Waals surface area (Å²) in [6.45, 7) is 3.77. The maximum Gasteiger partial charge on any atom is 0.315 e. The molecule has 1 aliphatic heterocycles. The van der Waals surface area contributed by atoms with Gasteiger partial charge in [-0.05, 0) is 25.7 Å². The van der Waals surface area contributed by atoms with E-state index >= 15 is 0 Å². The van der Waals surface area contributed by atoms with Gasteiger partial charge in [-0.25, -0.2) is 4.79 Å². The molecule has 0 radical (unpaired) electrons. The number of rotatable bonds is 16. The highest BCUT2D eigenvalue weighted by Crippen LogP contribution is 2.13. The SMILES string of the molecule is CC(=O)N1CCC(NC(=O)NCCCCCCCCCCCCCCC(=O)O)CC1. The van der Waals surface area contributed by atoms with Gasteiger partial charge in [0.1, 0.15) is 0 Å². The number of likely N-dealkylation sites (tertiary alicyclic amines) is 1. The Bertz CT molecular complexity index is 491. The molecule has 3 amide bonds. The van der Waals surface area contributed by atoms with Crippen molar-refractivity contribution in [2.75, 3.05) is 19.6 Å². The van der Waals surface area contributed by atoms with Crippen LogP contribution >= 0.6 is 0 Å². The Balaban J connectivity index is 1.80. The van der Waals surface area contributed by atoms with E-state index < -0.39 is 5.97 Å². The summed E-state index contributed by atoms with van der Waals surface area (Å²) in [5.74, 6) is -0.570. The van der Waals surface area contributed by atoms with E-state index in [2.05, 4.69) is 10.6 Å². The van der Waals surface area contributed by atoms with Crippen molar-refractivity contribution in [3.63, 3.8) is 0 Å². The van der Waals surface area contributed by atoms with Crippen LogP contribution in [0.5, 0.6) is 0 Å². The molecule has 7 nitrogen and oxygen atoms in total. The number of carbonyl (C=O) groups is 3. The lowest BCUT2D eigenvalue weighted by Crippen LogP contribution is -2.48. The van der Waals surface area contributed by atoms with Crippen LogP contribution in [-0.4, -0.2) is 53.6 Å². The van der Waals surface area contributed by atoms with Crippen LogP contribution in [0.2, 0.25) is 0 Å². The monoisotopic (exact) mass is 425 g/mol. The zero-order valence-electron chi connectivity index (χ0n) is 18.9. The Morgan fingerprint density at radius 2 is 1.27 bits per heavy atom. The van der Waals surface area contributed by atoms with Crippen molar-refractivity contribution in [2.45, 2.75) is 109 Å². The molecule has 1 rings (SSSR count). The van der Waals surface area contributed by atoms with Gasteiger partial charge in [-0.1, -0.05) is 64.2 Å². The van der Waals surface area contributed by atoms with Crippen molar-refractivity contribution in [1.82, 2.24) is 15.5 Å². The molecule has 0 aromatic rings. The molecule has 0 saturated carbocycles. The van der Waals surface area contributed by atoms with Gasteiger partial charge in [0.25, 0.3) is 0 Å². The molecule has 0 spiro atoms. The molecule has 1 aliphatic rings. The van der Waals surface area contributed by atoms with Crippen molar-refractivity contribution in [3.05, 3.63) is 0 Å². The standard InChI is InChI=1S/C23H43N3O4/c1-20(27)26-18-15-21(16-19-26)25-23(30)24-17-13-11-9-7-5-3-2-4-6-8-10-12-14-22(28)29/h21H,2-19H2,1H3,(H,28,29)(H2,24,25,30). The number of carbonyl (C=O) groups excluding carboxylic acids is 2. The average Bonchev–Trinajstić information content (AvgIpc) is 2.71. The number of amides is 3. The van der Waals surface area contributed by atoms with Crippen LogP contribution in [0.15, 0.2) is 0 Å². The second-order valence-electron chi connectivity index (χ2n) is 8.57. The Kier molecular flexibility index (Phi) is 14.8. The fourth-order valence-electron chi connectivity index (χ4n) is 3.95. The number of nitrogens with zero attached hydrogens (tertiary/aromatic N) is 1. The number of carboxylic acid groups (broad SMARTS) is 1. The van der Waals surface area contributed by atoms with Crippen LogP contribution < -0.4 is 10.6 Å². The lowest BCUT2D eigenvalue weighted by atomic mass is 10.0. The molecule has 1 saturated heterocycles. The molecule has 1 fully saturated rings. The fourth-order valence-corrected chi connectivity index (χ4v) is 3.95. The molecule has 0 atom stereocenters. The summed E-state index contributed by atoms with van der Waals surface area (Å²) in [6.07, 6.45) is 16.0. The quantitative estimate of drug-likeness (QED) is 0.318. The Hall–Kier alpha value is -1.79. The lowest BCUT2D eigenvalue weighted by molar-refractivity contribution is -0.137. The number of hydrogen-bond acceptors (Lipinski definition) is 3. The Morgan fingerprint density at radius 3 is 1.73 bits per heavy atom. The summed E-state index contributed by atoms with van der Waals surface area (Å²) < 4.78 is 0. The molecule has 1 heterocycles. The third-order valence-corrected chi connectivity index (χ3v) is 5.88. The topological polar surface area (TPSA) is 98.7 Å². The van der Waals surface area contributed by atoms with Crippen molar-refractivity contribution in [1.29, 1.82) is 0 Å². The first kappa shape index (κ1) is 26.2. The maximum absolute atomic E-state index is 11.9.